The number of morpholine rings is 1. The molecule has 2 aromatic carbocycles. The van der Waals surface area contributed by atoms with Crippen LogP contribution >= 0.6 is 24.0 Å². The van der Waals surface area contributed by atoms with Gasteiger partial charge in [0, 0.05) is 38.9 Å². The number of rotatable bonds is 6. The molecule has 2 N–H and O–H groups in total. The minimum absolute atomic E-state index is 0. The van der Waals surface area contributed by atoms with E-state index in [0.717, 1.165) is 11.3 Å². The molecule has 2 aromatic rings. The van der Waals surface area contributed by atoms with Crippen molar-refractivity contribution in [2.45, 2.75) is 19.3 Å². The van der Waals surface area contributed by atoms with Gasteiger partial charge in [0.25, 0.3) is 0 Å². The van der Waals surface area contributed by atoms with Crippen LogP contribution in [0, 0.1) is 0 Å². The summed E-state index contributed by atoms with van der Waals surface area (Å²) in [6.45, 7) is 2.64. The second-order valence-electron chi connectivity index (χ2n) is 7.07. The van der Waals surface area contributed by atoms with Crippen LogP contribution in [0.1, 0.15) is 16.7 Å². The van der Waals surface area contributed by atoms with E-state index >= 15 is 0 Å². The average molecular weight is 564 g/mol. The van der Waals surface area contributed by atoms with Crippen molar-refractivity contribution in [1.29, 1.82) is 0 Å². The number of ether oxygens (including phenoxy) is 2. The zero-order valence-corrected chi connectivity index (χ0v) is 20.4. The van der Waals surface area contributed by atoms with Gasteiger partial charge in [-0.15, -0.1) is 24.0 Å². The molecule has 0 bridgehead atoms. The standard InChI is InChI=1S/C22H27F3N4O2.HI/c1-26-21(27-14-16-4-3-5-19(12-16)30-2)28-15-17-6-7-18(13-20(17)22(23,24)25)29-8-10-31-11-9-29;/h3-7,12-13H,8-11,14-15H2,1-2H3,(H2,26,27,28);1H. The first-order valence-electron chi connectivity index (χ1n) is 10.0. The van der Waals surface area contributed by atoms with Crippen LogP contribution in [0.15, 0.2) is 47.5 Å². The number of benzene rings is 2. The molecule has 0 unspecified atom stereocenters. The number of nitrogens with one attached hydrogen (secondary N) is 2. The summed E-state index contributed by atoms with van der Waals surface area (Å²) in [5, 5.41) is 6.08. The maximum Gasteiger partial charge on any atom is 0.416 e. The van der Waals surface area contributed by atoms with Gasteiger partial charge in [0.05, 0.1) is 25.9 Å². The minimum atomic E-state index is -4.45. The molecule has 0 aliphatic carbocycles. The van der Waals surface area contributed by atoms with Gasteiger partial charge in [-0.3, -0.25) is 4.99 Å². The SMILES string of the molecule is CN=C(NCc1cccc(OC)c1)NCc1ccc(N2CCOCC2)cc1C(F)(F)F.I. The third-order valence-electron chi connectivity index (χ3n) is 5.04. The summed E-state index contributed by atoms with van der Waals surface area (Å²) in [7, 11) is 3.17. The molecule has 6 nitrogen and oxygen atoms in total. The normalized spacial score (nSPS) is 14.5. The molecule has 176 valence electrons. The van der Waals surface area contributed by atoms with Crippen molar-refractivity contribution in [1.82, 2.24) is 10.6 Å². The van der Waals surface area contributed by atoms with Crippen LogP contribution in [0.2, 0.25) is 0 Å². The second kappa shape index (κ2) is 12.1. The highest BCUT2D eigenvalue weighted by Gasteiger charge is 2.34. The van der Waals surface area contributed by atoms with Crippen LogP contribution in [0.25, 0.3) is 0 Å². The van der Waals surface area contributed by atoms with Crippen molar-refractivity contribution in [2.24, 2.45) is 4.99 Å². The van der Waals surface area contributed by atoms with Crippen LogP contribution in [-0.2, 0) is 24.0 Å². The molecule has 1 fully saturated rings. The molecule has 10 heteroatoms. The van der Waals surface area contributed by atoms with Crippen LogP contribution in [0.5, 0.6) is 5.75 Å². The minimum Gasteiger partial charge on any atom is -0.497 e. The van der Waals surface area contributed by atoms with Crippen LogP contribution in [0.3, 0.4) is 0 Å². The highest BCUT2D eigenvalue weighted by Crippen LogP contribution is 2.35. The topological polar surface area (TPSA) is 58.1 Å². The number of aliphatic imine (C=N–C) groups is 1. The van der Waals surface area contributed by atoms with E-state index in [-0.39, 0.29) is 36.1 Å². The number of halogens is 4. The number of methoxy groups -OCH3 is 1. The Hall–Kier alpha value is -2.21. The van der Waals surface area contributed by atoms with Crippen LogP contribution < -0.4 is 20.3 Å². The number of anilines is 1. The lowest BCUT2D eigenvalue weighted by Crippen LogP contribution is -2.37. The van der Waals surface area contributed by atoms with Gasteiger partial charge in [0.2, 0.25) is 0 Å². The van der Waals surface area contributed by atoms with Gasteiger partial charge in [0.1, 0.15) is 5.75 Å². The van der Waals surface area contributed by atoms with Gasteiger partial charge in [0.15, 0.2) is 5.96 Å². The molecule has 32 heavy (non-hydrogen) atoms. The van der Waals surface area contributed by atoms with Gasteiger partial charge >= 0.3 is 6.18 Å². The quantitative estimate of drug-likeness (QED) is 0.316. The monoisotopic (exact) mass is 564 g/mol. The molecule has 0 aromatic heterocycles. The zero-order valence-electron chi connectivity index (χ0n) is 18.0. The summed E-state index contributed by atoms with van der Waals surface area (Å²) in [6.07, 6.45) is -4.45. The van der Waals surface area contributed by atoms with Gasteiger partial charge in [-0.2, -0.15) is 13.2 Å². The van der Waals surface area contributed by atoms with Crippen LogP contribution in [0.4, 0.5) is 18.9 Å². The summed E-state index contributed by atoms with van der Waals surface area (Å²) in [5.41, 5.74) is 1.04. The summed E-state index contributed by atoms with van der Waals surface area (Å²) in [4.78, 5) is 6.01. The number of hydrogen-bond donors (Lipinski definition) is 2. The number of alkyl halides is 3. The lowest BCUT2D eigenvalue weighted by atomic mass is 10.0. The molecule has 1 heterocycles. The Morgan fingerprint density at radius 3 is 2.47 bits per heavy atom. The van der Waals surface area contributed by atoms with E-state index in [2.05, 4.69) is 15.6 Å². The first-order chi connectivity index (χ1) is 14.9. The Kier molecular flexibility index (Phi) is 9.88. The molecule has 1 aliphatic rings. The largest absolute Gasteiger partial charge is 0.497 e. The zero-order chi connectivity index (χ0) is 22.3. The molecule has 0 amide bonds. The van der Waals surface area contributed by atoms with Gasteiger partial charge < -0.3 is 25.0 Å². The van der Waals surface area contributed by atoms with E-state index in [0.29, 0.717) is 44.5 Å². The lowest BCUT2D eigenvalue weighted by Gasteiger charge is -2.29. The highest BCUT2D eigenvalue weighted by molar-refractivity contribution is 14.0. The van der Waals surface area contributed by atoms with Gasteiger partial charge in [-0.05, 0) is 35.4 Å². The number of nitrogens with zero attached hydrogens (tertiary/aromatic N) is 2. The van der Waals surface area contributed by atoms with Crippen molar-refractivity contribution < 1.29 is 22.6 Å². The smallest absolute Gasteiger partial charge is 0.416 e. The fraction of sp³-hybridized carbons (Fsp3) is 0.409. The van der Waals surface area contributed by atoms with Crippen molar-refractivity contribution in [2.75, 3.05) is 45.4 Å². The van der Waals surface area contributed by atoms with Gasteiger partial charge in [-0.25, -0.2) is 0 Å². The molecule has 0 saturated carbocycles. The third-order valence-corrected chi connectivity index (χ3v) is 5.04. The molecule has 0 spiro atoms. The van der Waals surface area contributed by atoms with Crippen molar-refractivity contribution in [3.8, 4) is 5.75 Å². The molecule has 0 radical (unpaired) electrons. The maximum atomic E-state index is 13.7. The van der Waals surface area contributed by atoms with E-state index in [1.165, 1.54) is 12.1 Å². The Labute approximate surface area is 203 Å². The van der Waals surface area contributed by atoms with Crippen molar-refractivity contribution >= 4 is 35.6 Å². The number of guanidine groups is 1. The van der Waals surface area contributed by atoms with E-state index < -0.39 is 11.7 Å². The van der Waals surface area contributed by atoms with Crippen LogP contribution in [-0.4, -0.2) is 46.4 Å². The van der Waals surface area contributed by atoms with E-state index in [1.54, 1.807) is 20.2 Å². The maximum absolute atomic E-state index is 13.7. The number of hydrogen-bond acceptors (Lipinski definition) is 4. The molecular formula is C22H28F3IN4O2. The Balaban J connectivity index is 0.00000363. The second-order valence-corrected chi connectivity index (χ2v) is 7.07. The predicted octanol–water partition coefficient (Wildman–Crippen LogP) is 4.03. The Bertz CT molecular complexity index is 903. The van der Waals surface area contributed by atoms with Gasteiger partial charge in [-0.1, -0.05) is 18.2 Å². The fourth-order valence-electron chi connectivity index (χ4n) is 3.37. The predicted molar refractivity (Wildman–Crippen MR) is 130 cm³/mol. The first-order valence-corrected chi connectivity index (χ1v) is 10.0. The molecule has 1 saturated heterocycles. The van der Waals surface area contributed by atoms with E-state index in [4.69, 9.17) is 9.47 Å². The summed E-state index contributed by atoms with van der Waals surface area (Å²) in [6, 6.07) is 12.0. The Morgan fingerprint density at radius 2 is 1.81 bits per heavy atom. The average Bonchev–Trinajstić information content (AvgIpc) is 2.79. The summed E-state index contributed by atoms with van der Waals surface area (Å²) >= 11 is 0. The Morgan fingerprint density at radius 1 is 1.09 bits per heavy atom. The molecular weight excluding hydrogens is 536 g/mol. The third kappa shape index (κ3) is 7.16. The molecule has 0 atom stereocenters. The first kappa shape index (κ1) is 26.0. The molecule has 3 rings (SSSR count). The van der Waals surface area contributed by atoms with Crippen molar-refractivity contribution in [3.63, 3.8) is 0 Å². The lowest BCUT2D eigenvalue weighted by molar-refractivity contribution is -0.138. The summed E-state index contributed by atoms with van der Waals surface area (Å²) < 4.78 is 51.6. The highest BCUT2D eigenvalue weighted by atomic mass is 127. The van der Waals surface area contributed by atoms with E-state index in [1.807, 2.05) is 29.2 Å². The molecule has 1 aliphatic heterocycles. The van der Waals surface area contributed by atoms with E-state index in [9.17, 15) is 13.2 Å². The fourth-order valence-corrected chi connectivity index (χ4v) is 3.37. The summed E-state index contributed by atoms with van der Waals surface area (Å²) in [5.74, 6) is 1.14. The van der Waals surface area contributed by atoms with Crippen molar-refractivity contribution in [3.05, 3.63) is 59.2 Å².